The molecule has 1 radical (unpaired) electrons. The number of rotatable bonds is 2. The van der Waals surface area contributed by atoms with E-state index in [4.69, 9.17) is 0 Å². The molecule has 1 saturated heterocycles. The van der Waals surface area contributed by atoms with Crippen LogP contribution in [0.25, 0.3) is 0 Å². The summed E-state index contributed by atoms with van der Waals surface area (Å²) in [5.74, 6) is 0. The first-order chi connectivity index (χ1) is 6.27. The molecule has 4 nitrogen and oxygen atoms in total. The van der Waals surface area contributed by atoms with E-state index in [0.717, 1.165) is 25.2 Å². The average Bonchev–Trinajstić information content (AvgIpc) is 2.01. The van der Waals surface area contributed by atoms with Crippen molar-refractivity contribution >= 4 is 11.4 Å². The molecule has 0 aliphatic carbocycles. The van der Waals surface area contributed by atoms with E-state index in [9.17, 15) is 10.1 Å². The molecule has 0 amide bonds. The summed E-state index contributed by atoms with van der Waals surface area (Å²) in [6, 6.07) is 7.78. The van der Waals surface area contributed by atoms with Gasteiger partial charge in [0.2, 0.25) is 0 Å². The molecular weight excluding hydrogens is 168 g/mol. The fourth-order valence-corrected chi connectivity index (χ4v) is 1.29. The summed E-state index contributed by atoms with van der Waals surface area (Å²) in [5.41, 5.74) is 0.879. The fraction of sp³-hybridized carbons (Fsp3) is 0.333. The predicted octanol–water partition coefficient (Wildman–Crippen LogP) is 1.61. The molecule has 2 rings (SSSR count). The molecule has 0 bridgehead atoms. The van der Waals surface area contributed by atoms with E-state index in [1.165, 1.54) is 6.07 Å². The number of hydrogen-bond donors (Lipinski definition) is 0. The van der Waals surface area contributed by atoms with Crippen molar-refractivity contribution < 1.29 is 4.92 Å². The van der Waals surface area contributed by atoms with Gasteiger partial charge in [-0.05, 0) is 12.5 Å². The molecular formula is C9H9N2O2. The monoisotopic (exact) mass is 177 g/mol. The molecule has 67 valence electrons. The minimum atomic E-state index is -0.413. The molecule has 0 saturated carbocycles. The number of hydrogen-bond acceptors (Lipinski definition) is 3. The second kappa shape index (κ2) is 3.05. The number of non-ortho nitro benzene ring substituents is 1. The summed E-state index contributed by atoms with van der Waals surface area (Å²) in [7, 11) is 0. The maximum atomic E-state index is 10.4. The minimum Gasteiger partial charge on any atom is -0.371 e. The Morgan fingerprint density at radius 3 is 2.77 bits per heavy atom. The van der Waals surface area contributed by atoms with Crippen LogP contribution in [0.3, 0.4) is 0 Å². The highest BCUT2D eigenvalue weighted by molar-refractivity contribution is 5.52. The van der Waals surface area contributed by atoms with E-state index < -0.39 is 4.92 Å². The maximum absolute atomic E-state index is 10.4. The van der Waals surface area contributed by atoms with Crippen LogP contribution in [0.5, 0.6) is 0 Å². The van der Waals surface area contributed by atoms with Crippen molar-refractivity contribution in [2.45, 2.75) is 6.42 Å². The number of anilines is 1. The van der Waals surface area contributed by atoms with E-state index in [-0.39, 0.29) is 5.69 Å². The van der Waals surface area contributed by atoms with Crippen molar-refractivity contribution in [2.75, 3.05) is 18.0 Å². The molecule has 1 aliphatic heterocycles. The van der Waals surface area contributed by atoms with Crippen LogP contribution < -0.4 is 4.90 Å². The van der Waals surface area contributed by atoms with Gasteiger partial charge in [0.15, 0.2) is 0 Å². The molecule has 1 fully saturated rings. The molecule has 4 heteroatoms. The lowest BCUT2D eigenvalue weighted by Crippen LogP contribution is -2.36. The fourth-order valence-electron chi connectivity index (χ4n) is 1.29. The van der Waals surface area contributed by atoms with Crippen LogP contribution >= 0.6 is 0 Å². The summed E-state index contributed by atoms with van der Waals surface area (Å²) >= 11 is 0. The van der Waals surface area contributed by atoms with Gasteiger partial charge in [0.1, 0.15) is 0 Å². The highest BCUT2D eigenvalue weighted by Gasteiger charge is 2.16. The summed E-state index contributed by atoms with van der Waals surface area (Å²) in [4.78, 5) is 12.1. The Hall–Kier alpha value is -1.58. The third kappa shape index (κ3) is 1.47. The lowest BCUT2D eigenvalue weighted by atomic mass is 10.1. The normalized spacial score (nSPS) is 15.2. The van der Waals surface area contributed by atoms with Crippen molar-refractivity contribution in [3.8, 4) is 0 Å². The summed E-state index contributed by atoms with van der Waals surface area (Å²) in [5, 5.41) is 10.4. The average molecular weight is 177 g/mol. The lowest BCUT2D eigenvalue weighted by Gasteiger charge is -2.32. The smallest absolute Gasteiger partial charge is 0.279 e. The number of nitrogens with zero attached hydrogens (tertiary/aromatic N) is 2. The number of nitro groups is 1. The molecule has 1 heterocycles. The van der Waals surface area contributed by atoms with Gasteiger partial charge in [0.05, 0.1) is 16.7 Å². The lowest BCUT2D eigenvalue weighted by molar-refractivity contribution is -0.385. The van der Waals surface area contributed by atoms with Crippen LogP contribution in [0.2, 0.25) is 0 Å². The van der Waals surface area contributed by atoms with E-state index in [2.05, 4.69) is 11.0 Å². The summed E-state index contributed by atoms with van der Waals surface area (Å²) in [6.45, 7) is 1.97. The first-order valence-electron chi connectivity index (χ1n) is 4.19. The van der Waals surface area contributed by atoms with Gasteiger partial charge in [-0.3, -0.25) is 10.1 Å². The van der Waals surface area contributed by atoms with Crippen molar-refractivity contribution in [3.63, 3.8) is 0 Å². The Bertz CT molecular complexity index is 334. The summed E-state index contributed by atoms with van der Waals surface area (Å²) < 4.78 is 0. The molecule has 0 spiro atoms. The van der Waals surface area contributed by atoms with Crippen LogP contribution in [0.15, 0.2) is 18.2 Å². The van der Waals surface area contributed by atoms with Crippen molar-refractivity contribution in [2.24, 2.45) is 0 Å². The largest absolute Gasteiger partial charge is 0.371 e. The Morgan fingerprint density at radius 2 is 2.23 bits per heavy atom. The van der Waals surface area contributed by atoms with Gasteiger partial charge in [0.25, 0.3) is 5.69 Å². The standard InChI is InChI=1S/C9H9N2O2/c12-11(13)9-4-1-3-8(7-9)10-5-2-6-10/h1,3-4H,2,5-6H2. The van der Waals surface area contributed by atoms with Gasteiger partial charge in [0, 0.05) is 19.2 Å². The highest BCUT2D eigenvalue weighted by Crippen LogP contribution is 2.23. The second-order valence-electron chi connectivity index (χ2n) is 3.02. The molecule has 0 aromatic heterocycles. The Balaban J connectivity index is 2.26. The molecule has 1 aliphatic rings. The summed E-state index contributed by atoms with van der Waals surface area (Å²) in [6.07, 6.45) is 1.16. The van der Waals surface area contributed by atoms with E-state index in [1.54, 1.807) is 6.07 Å². The Labute approximate surface area is 75.9 Å². The van der Waals surface area contributed by atoms with Crippen LogP contribution in [-0.2, 0) is 0 Å². The Morgan fingerprint density at radius 1 is 1.46 bits per heavy atom. The van der Waals surface area contributed by atoms with Gasteiger partial charge in [-0.15, -0.1) is 0 Å². The molecule has 0 atom stereocenters. The third-order valence-corrected chi connectivity index (χ3v) is 2.16. The van der Waals surface area contributed by atoms with Gasteiger partial charge in [-0.1, -0.05) is 6.07 Å². The topological polar surface area (TPSA) is 46.4 Å². The number of benzene rings is 1. The van der Waals surface area contributed by atoms with Crippen molar-refractivity contribution in [1.29, 1.82) is 0 Å². The third-order valence-electron chi connectivity index (χ3n) is 2.16. The maximum Gasteiger partial charge on any atom is 0.279 e. The van der Waals surface area contributed by atoms with Crippen LogP contribution in [0.1, 0.15) is 6.42 Å². The first kappa shape index (κ1) is 8.04. The quantitative estimate of drug-likeness (QED) is 0.509. The van der Waals surface area contributed by atoms with Crippen molar-refractivity contribution in [1.82, 2.24) is 0 Å². The number of nitro benzene ring substituents is 1. The van der Waals surface area contributed by atoms with Gasteiger partial charge < -0.3 is 4.90 Å². The molecule has 1 aromatic carbocycles. The van der Waals surface area contributed by atoms with E-state index in [1.807, 2.05) is 6.07 Å². The van der Waals surface area contributed by atoms with Crippen LogP contribution in [-0.4, -0.2) is 18.0 Å². The van der Waals surface area contributed by atoms with Gasteiger partial charge in [-0.2, -0.15) is 0 Å². The molecule has 0 unspecified atom stereocenters. The zero-order valence-electron chi connectivity index (χ0n) is 7.06. The SMILES string of the molecule is O=[N+]([O-])c1[c]c(N2CCC2)ccc1. The van der Waals surface area contributed by atoms with E-state index >= 15 is 0 Å². The van der Waals surface area contributed by atoms with Crippen LogP contribution in [0, 0.1) is 16.2 Å². The van der Waals surface area contributed by atoms with Gasteiger partial charge in [-0.25, -0.2) is 0 Å². The van der Waals surface area contributed by atoms with Crippen molar-refractivity contribution in [3.05, 3.63) is 34.4 Å². The Kier molecular flexibility index (Phi) is 1.88. The first-order valence-corrected chi connectivity index (χ1v) is 4.19. The molecule has 0 N–H and O–H groups in total. The van der Waals surface area contributed by atoms with Crippen LogP contribution in [0.4, 0.5) is 11.4 Å². The highest BCUT2D eigenvalue weighted by atomic mass is 16.6. The molecule has 1 aromatic rings. The minimum absolute atomic E-state index is 0.0457. The van der Waals surface area contributed by atoms with Gasteiger partial charge >= 0.3 is 0 Å². The molecule has 13 heavy (non-hydrogen) atoms. The van der Waals surface area contributed by atoms with E-state index in [0.29, 0.717) is 0 Å². The zero-order valence-corrected chi connectivity index (χ0v) is 7.06. The predicted molar refractivity (Wildman–Crippen MR) is 48.8 cm³/mol. The second-order valence-corrected chi connectivity index (χ2v) is 3.02. The zero-order chi connectivity index (χ0) is 9.26.